The Kier molecular flexibility index (Phi) is 6.24. The molecule has 1 fully saturated rings. The largest absolute Gasteiger partial charge is 0.342 e. The average molecular weight is 296 g/mol. The number of nitrogens with zero attached hydrogens (tertiary/aromatic N) is 1. The zero-order chi connectivity index (χ0) is 16.3. The summed E-state index contributed by atoms with van der Waals surface area (Å²) in [4.78, 5) is 27.3. The smallest absolute Gasteiger partial charge is 0.246 e. The predicted octanol–water partition coefficient (Wildman–Crippen LogP) is 2.82. The molecule has 0 saturated carbocycles. The molecule has 122 valence electrons. The highest BCUT2D eigenvalue weighted by atomic mass is 16.2. The molecule has 21 heavy (non-hydrogen) atoms. The number of carbonyl (C=O) groups is 2. The molecule has 0 aromatic rings. The predicted molar refractivity (Wildman–Crippen MR) is 85.8 cm³/mol. The molecule has 1 rings (SSSR count). The van der Waals surface area contributed by atoms with Gasteiger partial charge in [-0.2, -0.15) is 0 Å². The Morgan fingerprint density at radius 1 is 1.10 bits per heavy atom. The fraction of sp³-hybridized carbons (Fsp3) is 0.882. The van der Waals surface area contributed by atoms with Gasteiger partial charge in [0.1, 0.15) is 12.1 Å². The van der Waals surface area contributed by atoms with Crippen LogP contribution in [0.4, 0.5) is 0 Å². The van der Waals surface area contributed by atoms with E-state index in [0.29, 0.717) is 5.92 Å². The SMILES string of the molecule is CCC(C)C1NC(=O)C(C(C)C)N(C(C)CC(C)C)C1=O. The Labute approximate surface area is 129 Å². The van der Waals surface area contributed by atoms with Gasteiger partial charge in [0.05, 0.1) is 0 Å². The first kappa shape index (κ1) is 18.0. The van der Waals surface area contributed by atoms with Crippen LogP contribution in [0.15, 0.2) is 0 Å². The summed E-state index contributed by atoms with van der Waals surface area (Å²) >= 11 is 0. The van der Waals surface area contributed by atoms with Gasteiger partial charge in [-0.05, 0) is 31.1 Å². The monoisotopic (exact) mass is 296 g/mol. The molecule has 1 heterocycles. The second-order valence-electron chi connectivity index (χ2n) is 7.28. The quantitative estimate of drug-likeness (QED) is 0.819. The van der Waals surface area contributed by atoms with Crippen molar-refractivity contribution in [3.8, 4) is 0 Å². The first-order valence-corrected chi connectivity index (χ1v) is 8.33. The van der Waals surface area contributed by atoms with E-state index in [9.17, 15) is 9.59 Å². The summed E-state index contributed by atoms with van der Waals surface area (Å²) in [5.41, 5.74) is 0. The van der Waals surface area contributed by atoms with Crippen LogP contribution >= 0.6 is 0 Å². The van der Waals surface area contributed by atoms with Gasteiger partial charge in [0.15, 0.2) is 0 Å². The highest BCUT2D eigenvalue weighted by Crippen LogP contribution is 2.26. The van der Waals surface area contributed by atoms with Gasteiger partial charge >= 0.3 is 0 Å². The fourth-order valence-electron chi connectivity index (χ4n) is 3.26. The average Bonchev–Trinajstić information content (AvgIpc) is 2.38. The number of carbonyl (C=O) groups excluding carboxylic acids is 2. The highest BCUT2D eigenvalue weighted by Gasteiger charge is 2.45. The van der Waals surface area contributed by atoms with Gasteiger partial charge in [-0.1, -0.05) is 48.0 Å². The molecule has 4 nitrogen and oxygen atoms in total. The van der Waals surface area contributed by atoms with E-state index >= 15 is 0 Å². The van der Waals surface area contributed by atoms with Gasteiger partial charge < -0.3 is 10.2 Å². The third kappa shape index (κ3) is 3.98. The van der Waals surface area contributed by atoms with Gasteiger partial charge in [0.2, 0.25) is 11.8 Å². The molecule has 1 N–H and O–H groups in total. The van der Waals surface area contributed by atoms with Crippen molar-refractivity contribution < 1.29 is 9.59 Å². The molecule has 0 aromatic carbocycles. The third-order valence-electron chi connectivity index (χ3n) is 4.52. The summed E-state index contributed by atoms with van der Waals surface area (Å²) in [6.07, 6.45) is 1.81. The first-order chi connectivity index (χ1) is 9.70. The number of piperazine rings is 1. The van der Waals surface area contributed by atoms with E-state index in [1.807, 2.05) is 25.7 Å². The van der Waals surface area contributed by atoms with Crippen LogP contribution < -0.4 is 5.32 Å². The van der Waals surface area contributed by atoms with E-state index < -0.39 is 0 Å². The van der Waals surface area contributed by atoms with Crippen LogP contribution in [0.5, 0.6) is 0 Å². The van der Waals surface area contributed by atoms with E-state index in [2.05, 4.69) is 33.0 Å². The molecule has 0 aliphatic carbocycles. The second-order valence-corrected chi connectivity index (χ2v) is 7.28. The maximum atomic E-state index is 12.9. The topological polar surface area (TPSA) is 49.4 Å². The highest BCUT2D eigenvalue weighted by molar-refractivity contribution is 5.97. The van der Waals surface area contributed by atoms with Crippen molar-refractivity contribution in [2.75, 3.05) is 0 Å². The lowest BCUT2D eigenvalue weighted by Crippen LogP contribution is -2.68. The van der Waals surface area contributed by atoms with Crippen molar-refractivity contribution in [1.29, 1.82) is 0 Å². The van der Waals surface area contributed by atoms with Gasteiger partial charge in [0, 0.05) is 6.04 Å². The van der Waals surface area contributed by atoms with Crippen molar-refractivity contribution >= 4 is 11.8 Å². The summed E-state index contributed by atoms with van der Waals surface area (Å²) in [6.45, 7) is 14.5. The van der Waals surface area contributed by atoms with E-state index in [1.165, 1.54) is 0 Å². The summed E-state index contributed by atoms with van der Waals surface area (Å²) < 4.78 is 0. The summed E-state index contributed by atoms with van der Waals surface area (Å²) in [5, 5.41) is 2.96. The van der Waals surface area contributed by atoms with Crippen molar-refractivity contribution in [2.45, 2.75) is 79.4 Å². The van der Waals surface area contributed by atoms with E-state index in [1.54, 1.807) is 0 Å². The lowest BCUT2D eigenvalue weighted by atomic mass is 9.88. The molecule has 1 aliphatic heterocycles. The summed E-state index contributed by atoms with van der Waals surface area (Å²) in [5.74, 6) is 0.902. The Balaban J connectivity index is 3.08. The lowest BCUT2D eigenvalue weighted by Gasteiger charge is -2.45. The van der Waals surface area contributed by atoms with Crippen LogP contribution in [-0.4, -0.2) is 34.8 Å². The van der Waals surface area contributed by atoms with Crippen LogP contribution in [-0.2, 0) is 9.59 Å². The van der Waals surface area contributed by atoms with E-state index in [-0.39, 0.29) is 41.8 Å². The first-order valence-electron chi connectivity index (χ1n) is 8.33. The molecule has 4 unspecified atom stereocenters. The Hall–Kier alpha value is -1.06. The number of rotatable bonds is 6. The minimum atomic E-state index is -0.368. The lowest BCUT2D eigenvalue weighted by molar-refractivity contribution is -0.155. The van der Waals surface area contributed by atoms with Crippen LogP contribution in [0.1, 0.15) is 61.3 Å². The third-order valence-corrected chi connectivity index (χ3v) is 4.52. The van der Waals surface area contributed by atoms with Gasteiger partial charge in [0.25, 0.3) is 0 Å². The van der Waals surface area contributed by atoms with Crippen molar-refractivity contribution in [1.82, 2.24) is 10.2 Å². The summed E-state index contributed by atoms with van der Waals surface area (Å²) in [7, 11) is 0. The van der Waals surface area contributed by atoms with E-state index in [4.69, 9.17) is 0 Å². The molecule has 4 atom stereocenters. The van der Waals surface area contributed by atoms with Crippen molar-refractivity contribution in [2.24, 2.45) is 17.8 Å². The maximum Gasteiger partial charge on any atom is 0.246 e. The molecule has 0 radical (unpaired) electrons. The minimum Gasteiger partial charge on any atom is -0.342 e. The molecular weight excluding hydrogens is 264 g/mol. The molecule has 0 aromatic heterocycles. The molecule has 0 bridgehead atoms. The minimum absolute atomic E-state index is 0.00510. The van der Waals surface area contributed by atoms with E-state index in [0.717, 1.165) is 12.8 Å². The van der Waals surface area contributed by atoms with Crippen LogP contribution in [0.2, 0.25) is 0 Å². The van der Waals surface area contributed by atoms with Crippen molar-refractivity contribution in [3.05, 3.63) is 0 Å². The van der Waals surface area contributed by atoms with Crippen LogP contribution in [0, 0.1) is 17.8 Å². The number of nitrogens with one attached hydrogen (secondary N) is 1. The Bertz CT molecular complexity index is 379. The zero-order valence-corrected chi connectivity index (χ0v) is 14.6. The molecule has 1 aliphatic rings. The van der Waals surface area contributed by atoms with Crippen LogP contribution in [0.3, 0.4) is 0 Å². The van der Waals surface area contributed by atoms with Gasteiger partial charge in [-0.3, -0.25) is 9.59 Å². The maximum absolute atomic E-state index is 12.9. The standard InChI is InChI=1S/C17H32N2O2/c1-8-12(6)14-17(21)19(13(7)9-10(2)3)15(11(4)5)16(20)18-14/h10-15H,8-9H2,1-7H3,(H,18,20). The number of hydrogen-bond donors (Lipinski definition) is 1. The number of hydrogen-bond acceptors (Lipinski definition) is 2. The molecular formula is C17H32N2O2. The molecule has 0 spiro atoms. The normalized spacial score (nSPS) is 26.2. The Morgan fingerprint density at radius 2 is 1.67 bits per heavy atom. The fourth-order valence-corrected chi connectivity index (χ4v) is 3.26. The molecule has 1 saturated heterocycles. The second kappa shape index (κ2) is 7.28. The Morgan fingerprint density at radius 3 is 2.10 bits per heavy atom. The summed E-state index contributed by atoms with van der Waals surface area (Å²) in [6, 6.07) is -0.610. The van der Waals surface area contributed by atoms with Crippen molar-refractivity contribution in [3.63, 3.8) is 0 Å². The molecule has 2 amide bonds. The van der Waals surface area contributed by atoms with Gasteiger partial charge in [-0.15, -0.1) is 0 Å². The molecule has 4 heteroatoms. The van der Waals surface area contributed by atoms with Gasteiger partial charge in [-0.25, -0.2) is 0 Å². The van der Waals surface area contributed by atoms with Crippen LogP contribution in [0.25, 0.3) is 0 Å². The zero-order valence-electron chi connectivity index (χ0n) is 14.6. The number of amides is 2.